The Kier molecular flexibility index (Phi) is 5.00. The molecule has 3 aromatic rings. The maximum atomic E-state index is 15.2. The van der Waals surface area contributed by atoms with Crippen molar-refractivity contribution in [1.29, 1.82) is 0 Å². The maximum Gasteiger partial charge on any atom is 0.341 e. The molecule has 3 heterocycles. The minimum Gasteiger partial charge on any atom is -0.477 e. The van der Waals surface area contributed by atoms with Gasteiger partial charge in [0.15, 0.2) is 11.5 Å². The van der Waals surface area contributed by atoms with Gasteiger partial charge in [0.2, 0.25) is 5.43 Å². The number of rotatable bonds is 6. The number of aliphatic hydroxyl groups is 1. The van der Waals surface area contributed by atoms with E-state index in [1.165, 1.54) is 22.7 Å². The molecule has 4 N–H and O–H groups in total. The van der Waals surface area contributed by atoms with Crippen LogP contribution in [0.3, 0.4) is 0 Å². The molecule has 1 aliphatic heterocycles. The lowest BCUT2D eigenvalue weighted by atomic mass is 10.0. The van der Waals surface area contributed by atoms with Crippen molar-refractivity contribution in [3.63, 3.8) is 0 Å². The molecule has 9 nitrogen and oxygen atoms in total. The molecule has 2 aromatic heterocycles. The van der Waals surface area contributed by atoms with Gasteiger partial charge in [0.05, 0.1) is 12.0 Å². The molecular formula is C19H19F2N5O4. The van der Waals surface area contributed by atoms with Gasteiger partial charge >= 0.3 is 5.97 Å². The van der Waals surface area contributed by atoms with Gasteiger partial charge in [-0.3, -0.25) is 4.79 Å². The van der Waals surface area contributed by atoms with Crippen molar-refractivity contribution in [2.45, 2.75) is 6.04 Å². The lowest BCUT2D eigenvalue weighted by Gasteiger charge is -2.41. The zero-order valence-corrected chi connectivity index (χ0v) is 15.9. The van der Waals surface area contributed by atoms with Crippen LogP contribution in [0, 0.1) is 11.6 Å². The molecule has 11 heteroatoms. The van der Waals surface area contributed by atoms with Gasteiger partial charge < -0.3 is 25.9 Å². The van der Waals surface area contributed by atoms with Crippen molar-refractivity contribution in [2.24, 2.45) is 0 Å². The van der Waals surface area contributed by atoms with Crippen LogP contribution in [0.4, 0.5) is 14.5 Å². The van der Waals surface area contributed by atoms with E-state index in [0.29, 0.717) is 19.6 Å². The highest BCUT2D eigenvalue weighted by Gasteiger charge is 2.31. The molecule has 1 aromatic carbocycles. The third-order valence-electron chi connectivity index (χ3n) is 5.15. The number of hydrogen-bond acceptors (Lipinski definition) is 7. The first-order valence-electron chi connectivity index (χ1n) is 9.24. The molecule has 1 aliphatic rings. The fourth-order valence-electron chi connectivity index (χ4n) is 3.64. The van der Waals surface area contributed by atoms with Crippen molar-refractivity contribution >= 4 is 33.6 Å². The van der Waals surface area contributed by atoms with E-state index >= 15 is 4.39 Å². The van der Waals surface area contributed by atoms with Crippen LogP contribution < -0.4 is 21.1 Å². The van der Waals surface area contributed by atoms with Crippen molar-refractivity contribution in [3.05, 3.63) is 45.8 Å². The maximum absolute atomic E-state index is 15.2. The smallest absolute Gasteiger partial charge is 0.341 e. The highest BCUT2D eigenvalue weighted by molar-refractivity contribution is 5.97. The number of halogens is 2. The topological polar surface area (TPSA) is 120 Å². The Morgan fingerprint density at radius 1 is 1.33 bits per heavy atom. The summed E-state index contributed by atoms with van der Waals surface area (Å²) in [6.07, 6.45) is 1.07. The molecule has 0 amide bonds. The average molecular weight is 419 g/mol. The molecule has 0 aliphatic carbocycles. The molecule has 0 saturated carbocycles. The Balaban J connectivity index is 1.86. The molecule has 158 valence electrons. The fraction of sp³-hybridized carbons (Fsp3) is 0.316. The number of pyridine rings is 2. The van der Waals surface area contributed by atoms with E-state index in [-0.39, 0.29) is 40.3 Å². The van der Waals surface area contributed by atoms with E-state index in [4.69, 9.17) is 5.11 Å². The summed E-state index contributed by atoms with van der Waals surface area (Å²) in [6.45, 7) is 1.11. The molecule has 0 unspecified atom stereocenters. The SMILES string of the molecule is CNn1cc(C(=O)O)c(=O)c2cc3cc(F)c(N4CC(NCCO)C4)c(F)c3nc21. The van der Waals surface area contributed by atoms with Gasteiger partial charge in [0, 0.05) is 44.3 Å². The Morgan fingerprint density at radius 2 is 2.07 bits per heavy atom. The fourth-order valence-corrected chi connectivity index (χ4v) is 3.64. The van der Waals surface area contributed by atoms with E-state index < -0.39 is 28.6 Å². The van der Waals surface area contributed by atoms with E-state index in [9.17, 15) is 19.1 Å². The summed E-state index contributed by atoms with van der Waals surface area (Å²) in [5.41, 5.74) is 1.10. The van der Waals surface area contributed by atoms with Gasteiger partial charge in [-0.1, -0.05) is 0 Å². The van der Waals surface area contributed by atoms with Crippen molar-refractivity contribution in [3.8, 4) is 0 Å². The van der Waals surface area contributed by atoms with Crippen LogP contribution in [-0.2, 0) is 0 Å². The predicted molar refractivity (Wildman–Crippen MR) is 107 cm³/mol. The quantitative estimate of drug-likeness (QED) is 0.426. The molecule has 30 heavy (non-hydrogen) atoms. The highest BCUT2D eigenvalue weighted by Crippen LogP contribution is 2.33. The van der Waals surface area contributed by atoms with Crippen molar-refractivity contribution < 1.29 is 23.8 Å². The summed E-state index contributed by atoms with van der Waals surface area (Å²) in [5, 5.41) is 21.1. The van der Waals surface area contributed by atoms with Gasteiger partial charge in [0.1, 0.15) is 22.6 Å². The van der Waals surface area contributed by atoms with Gasteiger partial charge in [0.25, 0.3) is 0 Å². The van der Waals surface area contributed by atoms with Gasteiger partial charge in [-0.05, 0) is 12.1 Å². The van der Waals surface area contributed by atoms with Crippen LogP contribution in [0.1, 0.15) is 10.4 Å². The van der Waals surface area contributed by atoms with Gasteiger partial charge in [-0.25, -0.2) is 23.2 Å². The number of fused-ring (bicyclic) bond motifs is 2. The molecule has 1 fully saturated rings. The zero-order chi connectivity index (χ0) is 21.6. The number of nitrogens with one attached hydrogen (secondary N) is 2. The predicted octanol–water partition coefficient (Wildman–Crippen LogP) is 0.470. The Hall–Kier alpha value is -3.31. The summed E-state index contributed by atoms with van der Waals surface area (Å²) < 4.78 is 31.2. The summed E-state index contributed by atoms with van der Waals surface area (Å²) in [6, 6.07) is 2.35. The number of hydrogen-bond donors (Lipinski definition) is 4. The van der Waals surface area contributed by atoms with Crippen LogP contribution in [0.5, 0.6) is 0 Å². The number of aromatic carboxylic acids is 1. The first kappa shape index (κ1) is 20.0. The lowest BCUT2D eigenvalue weighted by molar-refractivity contribution is 0.0695. The minimum absolute atomic E-state index is 0.0140. The molecule has 0 radical (unpaired) electrons. The van der Waals surface area contributed by atoms with Crippen LogP contribution >= 0.6 is 0 Å². The number of benzene rings is 1. The second kappa shape index (κ2) is 7.50. The molecule has 4 rings (SSSR count). The number of carboxylic acids is 1. The summed E-state index contributed by atoms with van der Waals surface area (Å²) in [7, 11) is 1.49. The van der Waals surface area contributed by atoms with Crippen molar-refractivity contribution in [1.82, 2.24) is 15.0 Å². The summed E-state index contributed by atoms with van der Waals surface area (Å²) in [4.78, 5) is 29.6. The zero-order valence-electron chi connectivity index (χ0n) is 15.9. The van der Waals surface area contributed by atoms with Crippen LogP contribution in [0.2, 0.25) is 0 Å². The van der Waals surface area contributed by atoms with Crippen LogP contribution in [0.15, 0.2) is 23.1 Å². The van der Waals surface area contributed by atoms with E-state index in [2.05, 4.69) is 15.7 Å². The standard InChI is InChI=1S/C19H19F2N5O4/c1-22-26-8-12(19(29)30)17(28)11-4-9-5-13(20)16(14(21)15(9)24-18(11)26)25-6-10(7-25)23-2-3-27/h4-5,8,10,22-23,27H,2-3,6-7H2,1H3,(H,29,30). The largest absolute Gasteiger partial charge is 0.477 e. The number of nitrogens with zero attached hydrogens (tertiary/aromatic N) is 3. The Bertz CT molecular complexity index is 1220. The third-order valence-corrected chi connectivity index (χ3v) is 5.15. The van der Waals surface area contributed by atoms with Crippen LogP contribution in [0.25, 0.3) is 21.9 Å². The summed E-state index contributed by atoms with van der Waals surface area (Å²) >= 11 is 0. The van der Waals surface area contributed by atoms with E-state index in [0.717, 1.165) is 12.3 Å². The second-order valence-corrected chi connectivity index (χ2v) is 7.00. The molecule has 0 bridgehead atoms. The van der Waals surface area contributed by atoms with E-state index in [1.54, 1.807) is 0 Å². The normalized spacial score (nSPS) is 14.3. The number of aromatic nitrogens is 2. The monoisotopic (exact) mass is 419 g/mol. The van der Waals surface area contributed by atoms with Gasteiger partial charge in [-0.2, -0.15) is 0 Å². The second-order valence-electron chi connectivity index (χ2n) is 7.00. The Labute approximate surface area is 168 Å². The molecule has 1 saturated heterocycles. The summed E-state index contributed by atoms with van der Waals surface area (Å²) in [5.74, 6) is -3.07. The number of carbonyl (C=O) groups is 1. The highest BCUT2D eigenvalue weighted by atomic mass is 19.1. The minimum atomic E-state index is -1.42. The first-order valence-corrected chi connectivity index (χ1v) is 9.24. The number of aliphatic hydroxyl groups excluding tert-OH is 1. The average Bonchev–Trinajstić information content (AvgIpc) is 2.68. The van der Waals surface area contributed by atoms with Crippen molar-refractivity contribution in [2.75, 3.05) is 43.6 Å². The first-order chi connectivity index (χ1) is 14.3. The van der Waals surface area contributed by atoms with E-state index in [1.807, 2.05) is 0 Å². The molecule has 0 spiro atoms. The van der Waals surface area contributed by atoms with Crippen LogP contribution in [-0.4, -0.2) is 65.2 Å². The Morgan fingerprint density at radius 3 is 2.70 bits per heavy atom. The lowest BCUT2D eigenvalue weighted by Crippen LogP contribution is -2.59. The number of anilines is 1. The third kappa shape index (κ3) is 3.12. The van der Waals surface area contributed by atoms with Gasteiger partial charge in [-0.15, -0.1) is 0 Å². The molecule has 0 atom stereocenters. The number of carboxylic acid groups (broad SMARTS) is 1. The molecular weight excluding hydrogens is 400 g/mol.